The van der Waals surface area contributed by atoms with Gasteiger partial charge in [0.2, 0.25) is 0 Å². The Bertz CT molecular complexity index is 425. The van der Waals surface area contributed by atoms with Crippen LogP contribution in [0.2, 0.25) is 0 Å². The Morgan fingerprint density at radius 3 is 2.31 bits per heavy atom. The lowest BCUT2D eigenvalue weighted by atomic mass is 10.2. The molecule has 0 unspecified atom stereocenters. The van der Waals surface area contributed by atoms with Crippen molar-refractivity contribution < 1.29 is 0 Å². The Hall–Kier alpha value is -1.58. The predicted molar refractivity (Wildman–Crippen MR) is 50.4 cm³/mol. The Kier molecular flexibility index (Phi) is 1.69. The Morgan fingerprint density at radius 1 is 1.08 bits per heavy atom. The van der Waals surface area contributed by atoms with E-state index < -0.39 is 0 Å². The number of imidazole rings is 2. The average molecular weight is 176 g/mol. The molecule has 13 heavy (non-hydrogen) atoms. The molecular formula is C9H12N4. The third-order valence-corrected chi connectivity index (χ3v) is 2.06. The minimum Gasteiger partial charge on any atom is -0.348 e. The van der Waals surface area contributed by atoms with E-state index in [9.17, 15) is 0 Å². The zero-order valence-electron chi connectivity index (χ0n) is 7.97. The number of rotatable bonds is 1. The van der Waals surface area contributed by atoms with Gasteiger partial charge < -0.3 is 9.97 Å². The van der Waals surface area contributed by atoms with E-state index in [1.54, 1.807) is 6.33 Å². The fourth-order valence-electron chi connectivity index (χ4n) is 1.44. The predicted octanol–water partition coefficient (Wildman–Crippen LogP) is 1.73. The van der Waals surface area contributed by atoms with Gasteiger partial charge >= 0.3 is 0 Å². The SMILES string of the molecule is Cc1nc(-c2nc[nH]c2C)c(C)[nH]1. The van der Waals surface area contributed by atoms with Crippen LogP contribution >= 0.6 is 0 Å². The summed E-state index contributed by atoms with van der Waals surface area (Å²) in [6.45, 7) is 5.94. The molecule has 2 aromatic rings. The van der Waals surface area contributed by atoms with Gasteiger partial charge in [-0.3, -0.25) is 0 Å². The Labute approximate surface area is 76.4 Å². The van der Waals surface area contributed by atoms with Crippen LogP contribution in [0.5, 0.6) is 0 Å². The first-order valence-electron chi connectivity index (χ1n) is 4.22. The molecule has 4 nitrogen and oxygen atoms in total. The normalized spacial score (nSPS) is 10.7. The molecule has 4 heteroatoms. The number of hydrogen-bond acceptors (Lipinski definition) is 2. The zero-order valence-corrected chi connectivity index (χ0v) is 7.97. The lowest BCUT2D eigenvalue weighted by Crippen LogP contribution is -1.84. The third-order valence-electron chi connectivity index (χ3n) is 2.06. The first kappa shape index (κ1) is 8.04. The molecule has 0 aliphatic heterocycles. The van der Waals surface area contributed by atoms with Gasteiger partial charge in [-0.05, 0) is 20.8 Å². The summed E-state index contributed by atoms with van der Waals surface area (Å²) in [4.78, 5) is 14.8. The van der Waals surface area contributed by atoms with E-state index in [-0.39, 0.29) is 0 Å². The maximum absolute atomic E-state index is 4.38. The van der Waals surface area contributed by atoms with Crippen molar-refractivity contribution in [2.45, 2.75) is 20.8 Å². The van der Waals surface area contributed by atoms with Crippen molar-refractivity contribution in [3.63, 3.8) is 0 Å². The van der Waals surface area contributed by atoms with E-state index in [4.69, 9.17) is 0 Å². The lowest BCUT2D eigenvalue weighted by Gasteiger charge is -1.93. The Balaban J connectivity index is 2.58. The van der Waals surface area contributed by atoms with Crippen LogP contribution in [-0.2, 0) is 0 Å². The quantitative estimate of drug-likeness (QED) is 0.695. The molecule has 0 saturated carbocycles. The highest BCUT2D eigenvalue weighted by atomic mass is 15.0. The van der Waals surface area contributed by atoms with Crippen molar-refractivity contribution in [3.8, 4) is 11.4 Å². The summed E-state index contributed by atoms with van der Waals surface area (Å²) < 4.78 is 0. The van der Waals surface area contributed by atoms with Crippen LogP contribution in [-0.4, -0.2) is 19.9 Å². The molecule has 2 aromatic heterocycles. The monoisotopic (exact) mass is 176 g/mol. The van der Waals surface area contributed by atoms with Gasteiger partial charge in [-0.25, -0.2) is 9.97 Å². The first-order valence-corrected chi connectivity index (χ1v) is 4.22. The molecule has 0 aromatic carbocycles. The van der Waals surface area contributed by atoms with Crippen LogP contribution in [0.4, 0.5) is 0 Å². The summed E-state index contributed by atoms with van der Waals surface area (Å²) in [6, 6.07) is 0. The molecule has 0 spiro atoms. The van der Waals surface area contributed by atoms with E-state index in [1.165, 1.54) is 0 Å². The van der Waals surface area contributed by atoms with E-state index >= 15 is 0 Å². The fraction of sp³-hybridized carbons (Fsp3) is 0.333. The molecule has 2 N–H and O–H groups in total. The molecule has 0 radical (unpaired) electrons. The van der Waals surface area contributed by atoms with Gasteiger partial charge in [-0.2, -0.15) is 0 Å². The molecule has 0 atom stereocenters. The summed E-state index contributed by atoms with van der Waals surface area (Å²) in [5.41, 5.74) is 3.99. The highest BCUT2D eigenvalue weighted by molar-refractivity contribution is 5.59. The number of hydrogen-bond donors (Lipinski definition) is 2. The highest BCUT2D eigenvalue weighted by Crippen LogP contribution is 2.20. The summed E-state index contributed by atoms with van der Waals surface area (Å²) in [6.07, 6.45) is 1.69. The van der Waals surface area contributed by atoms with E-state index in [2.05, 4.69) is 19.9 Å². The number of aromatic amines is 2. The molecule has 2 heterocycles. The van der Waals surface area contributed by atoms with Crippen LogP contribution in [0.1, 0.15) is 17.2 Å². The van der Waals surface area contributed by atoms with Crippen molar-refractivity contribution in [3.05, 3.63) is 23.5 Å². The number of H-pyrrole nitrogens is 2. The van der Waals surface area contributed by atoms with Gasteiger partial charge in [-0.1, -0.05) is 0 Å². The summed E-state index contributed by atoms with van der Waals surface area (Å²) in [7, 11) is 0. The second kappa shape index (κ2) is 2.73. The maximum atomic E-state index is 4.38. The van der Waals surface area contributed by atoms with Crippen molar-refractivity contribution in [1.82, 2.24) is 19.9 Å². The molecular weight excluding hydrogens is 164 g/mol. The molecule has 0 bridgehead atoms. The van der Waals surface area contributed by atoms with Crippen molar-refractivity contribution in [1.29, 1.82) is 0 Å². The number of aromatic nitrogens is 4. The molecule has 0 saturated heterocycles. The van der Waals surface area contributed by atoms with Crippen molar-refractivity contribution in [2.24, 2.45) is 0 Å². The highest BCUT2D eigenvalue weighted by Gasteiger charge is 2.10. The fourth-order valence-corrected chi connectivity index (χ4v) is 1.44. The largest absolute Gasteiger partial charge is 0.348 e. The standard InChI is InChI=1S/C9H12N4/c1-5-8(11-4-10-5)9-6(2)12-7(3)13-9/h4H,1-3H3,(H,10,11)(H,12,13). The van der Waals surface area contributed by atoms with Crippen molar-refractivity contribution >= 4 is 0 Å². The van der Waals surface area contributed by atoms with Gasteiger partial charge in [0, 0.05) is 11.4 Å². The molecule has 2 rings (SSSR count). The Morgan fingerprint density at radius 2 is 1.85 bits per heavy atom. The van der Waals surface area contributed by atoms with Gasteiger partial charge in [0.1, 0.15) is 17.2 Å². The number of aryl methyl sites for hydroxylation is 3. The summed E-state index contributed by atoms with van der Waals surface area (Å²) >= 11 is 0. The van der Waals surface area contributed by atoms with Gasteiger partial charge in [0.15, 0.2) is 0 Å². The zero-order chi connectivity index (χ0) is 9.42. The van der Waals surface area contributed by atoms with Crippen LogP contribution in [0.3, 0.4) is 0 Å². The second-order valence-electron chi connectivity index (χ2n) is 3.17. The third kappa shape index (κ3) is 1.24. The van der Waals surface area contributed by atoms with Crippen LogP contribution < -0.4 is 0 Å². The van der Waals surface area contributed by atoms with Gasteiger partial charge in [0.05, 0.1) is 6.33 Å². The van der Waals surface area contributed by atoms with E-state index in [1.807, 2.05) is 20.8 Å². The first-order chi connectivity index (χ1) is 6.18. The number of nitrogens with zero attached hydrogens (tertiary/aromatic N) is 2. The van der Waals surface area contributed by atoms with Crippen molar-refractivity contribution in [2.75, 3.05) is 0 Å². The summed E-state index contributed by atoms with van der Waals surface area (Å²) in [5, 5.41) is 0. The minimum atomic E-state index is 0.926. The lowest BCUT2D eigenvalue weighted by molar-refractivity contribution is 1.13. The smallest absolute Gasteiger partial charge is 0.111 e. The molecule has 0 fully saturated rings. The van der Waals surface area contributed by atoms with E-state index in [0.29, 0.717) is 0 Å². The van der Waals surface area contributed by atoms with Gasteiger partial charge in [0.25, 0.3) is 0 Å². The van der Waals surface area contributed by atoms with Crippen LogP contribution in [0, 0.1) is 20.8 Å². The second-order valence-corrected chi connectivity index (χ2v) is 3.17. The van der Waals surface area contributed by atoms with E-state index in [0.717, 1.165) is 28.6 Å². The average Bonchev–Trinajstić information content (AvgIpc) is 2.58. The molecule has 0 aliphatic carbocycles. The van der Waals surface area contributed by atoms with Crippen LogP contribution in [0.25, 0.3) is 11.4 Å². The number of nitrogens with one attached hydrogen (secondary N) is 2. The molecule has 68 valence electrons. The maximum Gasteiger partial charge on any atom is 0.111 e. The van der Waals surface area contributed by atoms with Gasteiger partial charge in [-0.15, -0.1) is 0 Å². The minimum absolute atomic E-state index is 0.926. The molecule has 0 aliphatic rings. The van der Waals surface area contributed by atoms with Crippen LogP contribution in [0.15, 0.2) is 6.33 Å². The topological polar surface area (TPSA) is 57.4 Å². The summed E-state index contributed by atoms with van der Waals surface area (Å²) in [5.74, 6) is 0.926. The molecule has 0 amide bonds.